The van der Waals surface area contributed by atoms with Crippen LogP contribution in [0.2, 0.25) is 0 Å². The Labute approximate surface area is 365 Å². The smallest absolute Gasteiger partial charge is 0.242 e. The predicted molar refractivity (Wildman–Crippen MR) is 244 cm³/mol. The van der Waals surface area contributed by atoms with Crippen LogP contribution in [0, 0.1) is 11.8 Å². The summed E-state index contributed by atoms with van der Waals surface area (Å²) in [4.78, 5) is 51.1. The molecule has 4 amide bonds. The van der Waals surface area contributed by atoms with Crippen LogP contribution in [0.25, 0.3) is 0 Å². The minimum Gasteiger partial charge on any atom is -0.354 e. The number of nitrogens with one attached hydrogen (secondary N) is 4. The maximum absolute atomic E-state index is 12.9. The molecule has 0 unspecified atom stereocenters. The third kappa shape index (κ3) is 27.1. The van der Waals surface area contributed by atoms with Crippen LogP contribution in [0.3, 0.4) is 0 Å². The first-order chi connectivity index (χ1) is 29.2. The highest BCUT2D eigenvalue weighted by atomic mass is 16.2. The van der Waals surface area contributed by atoms with Crippen LogP contribution < -0.4 is 30.4 Å². The van der Waals surface area contributed by atoms with Crippen LogP contribution in [0.4, 0.5) is 0 Å². The van der Waals surface area contributed by atoms with Crippen LogP contribution in [0.1, 0.15) is 182 Å². The first-order valence-corrected chi connectivity index (χ1v) is 24.2. The van der Waals surface area contributed by atoms with Crippen molar-refractivity contribution in [1.82, 2.24) is 21.3 Å². The van der Waals surface area contributed by atoms with E-state index in [0.717, 1.165) is 90.1 Å². The summed E-state index contributed by atoms with van der Waals surface area (Å²) in [5.74, 6) is -0.205. The maximum atomic E-state index is 12.9. The number of aromatic nitrogens is 2. The number of hydrogen-bond acceptors (Lipinski definition) is 4. The van der Waals surface area contributed by atoms with Gasteiger partial charge in [0.05, 0.1) is 0 Å². The molecule has 0 aliphatic heterocycles. The van der Waals surface area contributed by atoms with Crippen molar-refractivity contribution in [3.8, 4) is 0 Å². The summed E-state index contributed by atoms with van der Waals surface area (Å²) in [5, 5.41) is 12.0. The number of hydrogen-bond donors (Lipinski definition) is 4. The second kappa shape index (κ2) is 34.8. The lowest BCUT2D eigenvalue weighted by molar-refractivity contribution is -0.697. The van der Waals surface area contributed by atoms with E-state index in [0.29, 0.717) is 25.9 Å². The molecule has 4 N–H and O–H groups in total. The highest BCUT2D eigenvalue weighted by Gasteiger charge is 2.24. The van der Waals surface area contributed by atoms with Crippen molar-refractivity contribution in [2.24, 2.45) is 11.8 Å². The van der Waals surface area contributed by atoms with Gasteiger partial charge in [-0.25, -0.2) is 9.13 Å². The van der Waals surface area contributed by atoms with Gasteiger partial charge < -0.3 is 21.3 Å². The summed E-state index contributed by atoms with van der Waals surface area (Å²) in [6.07, 6.45) is 34.0. The Balaban J connectivity index is 1.41. The summed E-state index contributed by atoms with van der Waals surface area (Å²) in [6, 6.07) is 11.4. The van der Waals surface area contributed by atoms with Gasteiger partial charge in [0.2, 0.25) is 23.6 Å². The Kier molecular flexibility index (Phi) is 30.4. The fourth-order valence-corrected chi connectivity index (χ4v) is 7.61. The molecule has 2 aromatic rings. The van der Waals surface area contributed by atoms with Crippen LogP contribution >= 0.6 is 0 Å². The molecular weight excluding hydrogens is 749 g/mol. The van der Waals surface area contributed by atoms with E-state index in [-0.39, 0.29) is 35.5 Å². The van der Waals surface area contributed by atoms with Crippen molar-refractivity contribution in [3.05, 3.63) is 61.2 Å². The minimum atomic E-state index is -0.504. The number of pyridine rings is 2. The molecule has 0 aliphatic rings. The third-order valence-corrected chi connectivity index (χ3v) is 11.4. The standard InChI is InChI=1S/C50H84N6O4/c1-43(2)47(53-45(57)33-23-15-9-5-7-13-19-27-37-55-39-29-21-30-40-55)49(59)51-35-25-17-11-12-18-26-36-52-50(60)48(44(3)4)54-46(58)34-24-16-10-6-8-14-20-28-38-56-41-31-22-32-42-56/h21-22,29-32,39-44,47-48H,5-20,23-28,33-38H2,1-4H3,(H2-2,51,52,53,54,57,58,59,60)/p+2/t47-,48-/m1/s1. The van der Waals surface area contributed by atoms with Gasteiger partial charge in [-0.2, -0.15) is 0 Å². The second-order valence-corrected chi connectivity index (χ2v) is 17.7. The topological polar surface area (TPSA) is 124 Å². The first-order valence-electron chi connectivity index (χ1n) is 24.2. The lowest BCUT2D eigenvalue weighted by atomic mass is 10.0. The van der Waals surface area contributed by atoms with Gasteiger partial charge in [-0.3, -0.25) is 19.2 Å². The van der Waals surface area contributed by atoms with Gasteiger partial charge in [-0.05, 0) is 50.4 Å². The van der Waals surface area contributed by atoms with Gasteiger partial charge in [0, 0.05) is 63.0 Å². The summed E-state index contributed by atoms with van der Waals surface area (Å²) >= 11 is 0. The molecule has 0 fully saturated rings. The summed E-state index contributed by atoms with van der Waals surface area (Å²) < 4.78 is 4.48. The van der Waals surface area contributed by atoms with Crippen molar-refractivity contribution in [2.45, 2.75) is 207 Å². The van der Waals surface area contributed by atoms with Crippen molar-refractivity contribution in [2.75, 3.05) is 13.1 Å². The molecule has 10 nitrogen and oxygen atoms in total. The molecule has 0 radical (unpaired) electrons. The minimum absolute atomic E-state index is 0.0253. The number of nitrogens with zero attached hydrogens (tertiary/aromatic N) is 2. The van der Waals surface area contributed by atoms with E-state index < -0.39 is 12.1 Å². The normalized spacial score (nSPS) is 12.3. The molecule has 60 heavy (non-hydrogen) atoms. The molecular formula is C50H86N6O4+2. The predicted octanol–water partition coefficient (Wildman–Crippen LogP) is 8.84. The van der Waals surface area contributed by atoms with E-state index >= 15 is 0 Å². The molecule has 2 heterocycles. The van der Waals surface area contributed by atoms with Crippen LogP contribution in [0.5, 0.6) is 0 Å². The fraction of sp³-hybridized carbons (Fsp3) is 0.720. The molecule has 0 saturated carbocycles. The molecule has 338 valence electrons. The molecule has 2 atom stereocenters. The Morgan fingerprint density at radius 3 is 0.983 bits per heavy atom. The maximum Gasteiger partial charge on any atom is 0.242 e. The molecule has 0 spiro atoms. The molecule has 0 aliphatic carbocycles. The summed E-state index contributed by atoms with van der Waals surface area (Å²) in [6.45, 7) is 11.3. The van der Waals surface area contributed by atoms with Gasteiger partial charge in [0.25, 0.3) is 0 Å². The summed E-state index contributed by atoms with van der Waals surface area (Å²) in [5.41, 5.74) is 0. The van der Waals surface area contributed by atoms with Crippen molar-refractivity contribution >= 4 is 23.6 Å². The number of aryl methyl sites for hydroxylation is 2. The summed E-state index contributed by atoms with van der Waals surface area (Å²) in [7, 11) is 0. The van der Waals surface area contributed by atoms with Crippen LogP contribution in [-0.2, 0) is 32.3 Å². The zero-order chi connectivity index (χ0) is 43.5. The quantitative estimate of drug-likeness (QED) is 0.0401. The number of carbonyl (C=O) groups excluding carboxylic acids is 4. The SMILES string of the molecule is CC(C)[C@@H](NC(=O)CCCCCCCCCC[n+]1ccccc1)C(=O)NCCCCCCCCNC(=O)[C@H](NC(=O)CCCCCCCCCC[n+]1ccccc1)C(C)C. The highest BCUT2D eigenvalue weighted by molar-refractivity contribution is 5.88. The molecule has 0 bridgehead atoms. The Bertz CT molecular complexity index is 1280. The van der Waals surface area contributed by atoms with Gasteiger partial charge in [0.15, 0.2) is 24.8 Å². The van der Waals surface area contributed by atoms with Crippen LogP contribution in [0.15, 0.2) is 61.2 Å². The van der Waals surface area contributed by atoms with E-state index in [2.05, 4.69) is 79.5 Å². The third-order valence-electron chi connectivity index (χ3n) is 11.4. The zero-order valence-corrected chi connectivity index (χ0v) is 38.4. The Morgan fingerprint density at radius 2 is 0.667 bits per heavy atom. The van der Waals surface area contributed by atoms with Gasteiger partial charge in [0.1, 0.15) is 25.2 Å². The largest absolute Gasteiger partial charge is 0.354 e. The number of amides is 4. The van der Waals surface area contributed by atoms with E-state index in [1.165, 1.54) is 64.2 Å². The number of unbranched alkanes of at least 4 members (excludes halogenated alkanes) is 19. The van der Waals surface area contributed by atoms with E-state index in [4.69, 9.17) is 0 Å². The molecule has 2 aromatic heterocycles. The monoisotopic (exact) mass is 835 g/mol. The molecule has 0 saturated heterocycles. The fourth-order valence-electron chi connectivity index (χ4n) is 7.61. The van der Waals surface area contributed by atoms with E-state index in [1.54, 1.807) is 0 Å². The Hall–Kier alpha value is -3.82. The number of carbonyl (C=O) groups is 4. The second-order valence-electron chi connectivity index (χ2n) is 17.7. The lowest BCUT2D eigenvalue weighted by Crippen LogP contribution is -2.49. The molecule has 0 aromatic carbocycles. The van der Waals surface area contributed by atoms with Gasteiger partial charge in [-0.1, -0.05) is 130 Å². The lowest BCUT2D eigenvalue weighted by Gasteiger charge is -2.22. The Morgan fingerprint density at radius 1 is 0.383 bits per heavy atom. The van der Waals surface area contributed by atoms with Crippen molar-refractivity contribution < 1.29 is 28.3 Å². The average Bonchev–Trinajstić information content (AvgIpc) is 3.24. The number of rotatable bonds is 37. The van der Waals surface area contributed by atoms with Gasteiger partial charge in [-0.15, -0.1) is 0 Å². The average molecular weight is 835 g/mol. The van der Waals surface area contributed by atoms with Crippen molar-refractivity contribution in [3.63, 3.8) is 0 Å². The first kappa shape index (κ1) is 52.3. The molecule has 2 rings (SSSR count). The zero-order valence-electron chi connectivity index (χ0n) is 38.4. The molecule has 10 heteroatoms. The van der Waals surface area contributed by atoms with Crippen molar-refractivity contribution in [1.29, 1.82) is 0 Å². The highest BCUT2D eigenvalue weighted by Crippen LogP contribution is 2.13. The van der Waals surface area contributed by atoms with Gasteiger partial charge >= 0.3 is 0 Å². The van der Waals surface area contributed by atoms with Crippen LogP contribution in [-0.4, -0.2) is 48.8 Å². The van der Waals surface area contributed by atoms with E-state index in [9.17, 15) is 19.2 Å². The van der Waals surface area contributed by atoms with E-state index in [1.807, 2.05) is 39.8 Å².